The monoisotopic (exact) mass is 263 g/mol. The Morgan fingerprint density at radius 1 is 1.32 bits per heavy atom. The van der Waals surface area contributed by atoms with Crippen LogP contribution in [0, 0.1) is 0 Å². The molecule has 0 saturated carbocycles. The first-order valence-corrected chi connectivity index (χ1v) is 5.84. The molecule has 5 nitrogen and oxygen atoms in total. The molecule has 0 aliphatic carbocycles. The Kier molecular flexibility index (Phi) is 5.11. The Morgan fingerprint density at radius 3 is 2.53 bits per heavy atom. The van der Waals surface area contributed by atoms with Crippen molar-refractivity contribution in [1.29, 1.82) is 0 Å². The fourth-order valence-corrected chi connectivity index (χ4v) is 1.50. The summed E-state index contributed by atoms with van der Waals surface area (Å²) in [6.07, 6.45) is 1.75. The molecule has 1 aromatic carbocycles. The van der Waals surface area contributed by atoms with Gasteiger partial charge >= 0.3 is 5.97 Å². The highest BCUT2D eigenvalue weighted by atomic mass is 16.5. The van der Waals surface area contributed by atoms with Crippen LogP contribution in [0.5, 0.6) is 5.75 Å². The van der Waals surface area contributed by atoms with Gasteiger partial charge in [-0.05, 0) is 23.6 Å². The highest BCUT2D eigenvalue weighted by molar-refractivity contribution is 6.03. The minimum absolute atomic E-state index is 0.316. The largest absolute Gasteiger partial charge is 0.495 e. The lowest BCUT2D eigenvalue weighted by molar-refractivity contribution is -0.131. The number of hydrogen-bond donors (Lipinski definition) is 2. The number of amides is 1. The Hall–Kier alpha value is -2.30. The van der Waals surface area contributed by atoms with E-state index in [1.54, 1.807) is 6.07 Å². The molecule has 0 aromatic heterocycles. The van der Waals surface area contributed by atoms with Gasteiger partial charge in [-0.25, -0.2) is 4.79 Å². The van der Waals surface area contributed by atoms with Crippen molar-refractivity contribution in [3.05, 3.63) is 35.9 Å². The summed E-state index contributed by atoms with van der Waals surface area (Å²) in [4.78, 5) is 21.9. The van der Waals surface area contributed by atoms with E-state index >= 15 is 0 Å². The number of methoxy groups -OCH3 is 1. The molecule has 0 saturated heterocycles. The third-order valence-corrected chi connectivity index (χ3v) is 2.53. The molecule has 1 rings (SSSR count). The molecule has 0 bridgehead atoms. The van der Waals surface area contributed by atoms with Gasteiger partial charge in [0.15, 0.2) is 0 Å². The first-order valence-electron chi connectivity index (χ1n) is 5.84. The molecule has 0 unspecified atom stereocenters. The lowest BCUT2D eigenvalue weighted by Crippen LogP contribution is -2.10. The van der Waals surface area contributed by atoms with Crippen LogP contribution >= 0.6 is 0 Å². The molecule has 0 atom stereocenters. The highest BCUT2D eigenvalue weighted by Gasteiger charge is 2.08. The number of carbonyl (C=O) groups is 2. The molecule has 0 aliphatic rings. The molecule has 0 spiro atoms. The summed E-state index contributed by atoms with van der Waals surface area (Å²) in [6.45, 7) is 4.08. The predicted molar refractivity (Wildman–Crippen MR) is 72.5 cm³/mol. The van der Waals surface area contributed by atoms with Gasteiger partial charge in [-0.3, -0.25) is 4.79 Å². The molecule has 0 aliphatic heterocycles. The second kappa shape index (κ2) is 6.58. The molecule has 0 fully saturated rings. The van der Waals surface area contributed by atoms with Crippen molar-refractivity contribution in [2.75, 3.05) is 12.4 Å². The average Bonchev–Trinajstić information content (AvgIpc) is 2.36. The van der Waals surface area contributed by atoms with Crippen LogP contribution in [0.2, 0.25) is 0 Å². The quantitative estimate of drug-likeness (QED) is 0.800. The zero-order valence-corrected chi connectivity index (χ0v) is 11.1. The van der Waals surface area contributed by atoms with Gasteiger partial charge in [0, 0.05) is 12.2 Å². The molecule has 5 heteroatoms. The maximum absolute atomic E-state index is 11.5. The number of carboxylic acid groups (broad SMARTS) is 1. The van der Waals surface area contributed by atoms with Gasteiger partial charge in [-0.15, -0.1) is 0 Å². The first kappa shape index (κ1) is 14.8. The fraction of sp³-hybridized carbons (Fsp3) is 0.286. The normalized spacial score (nSPS) is 10.7. The average molecular weight is 263 g/mol. The number of nitrogens with one attached hydrogen (secondary N) is 1. The standard InChI is InChI=1S/C14H17NO4/c1-9(2)10-4-5-12(19-3)11(8-10)15-13(16)6-7-14(17)18/h4-9H,1-3H3,(H,15,16)(H,17,18)/b7-6+. The van der Waals surface area contributed by atoms with Crippen molar-refractivity contribution in [2.45, 2.75) is 19.8 Å². The van der Waals surface area contributed by atoms with Crippen LogP contribution in [0.1, 0.15) is 25.3 Å². The Morgan fingerprint density at radius 2 is 2.00 bits per heavy atom. The Balaban J connectivity index is 2.94. The predicted octanol–water partition coefficient (Wildman–Crippen LogP) is 2.40. The van der Waals surface area contributed by atoms with Crippen LogP contribution in [-0.2, 0) is 9.59 Å². The third-order valence-electron chi connectivity index (χ3n) is 2.53. The summed E-state index contributed by atoms with van der Waals surface area (Å²) >= 11 is 0. The van der Waals surface area contributed by atoms with Crippen molar-refractivity contribution < 1.29 is 19.4 Å². The molecule has 0 heterocycles. The summed E-state index contributed by atoms with van der Waals surface area (Å²) in [6, 6.07) is 5.51. The van der Waals surface area contributed by atoms with Crippen LogP contribution in [-0.4, -0.2) is 24.1 Å². The topological polar surface area (TPSA) is 75.6 Å². The summed E-state index contributed by atoms with van der Waals surface area (Å²) in [5.41, 5.74) is 1.58. The summed E-state index contributed by atoms with van der Waals surface area (Å²) < 4.78 is 5.15. The lowest BCUT2D eigenvalue weighted by Gasteiger charge is -2.12. The zero-order chi connectivity index (χ0) is 14.4. The molecule has 1 aromatic rings. The molecular weight excluding hydrogens is 246 g/mol. The van der Waals surface area contributed by atoms with Gasteiger partial charge in [-0.2, -0.15) is 0 Å². The SMILES string of the molecule is COc1ccc(C(C)C)cc1NC(=O)/C=C/C(=O)O. The maximum Gasteiger partial charge on any atom is 0.328 e. The molecule has 2 N–H and O–H groups in total. The fourth-order valence-electron chi connectivity index (χ4n) is 1.50. The Bertz CT molecular complexity index is 506. The van der Waals surface area contributed by atoms with E-state index in [2.05, 4.69) is 5.32 Å². The highest BCUT2D eigenvalue weighted by Crippen LogP contribution is 2.28. The van der Waals surface area contributed by atoms with E-state index in [9.17, 15) is 9.59 Å². The van der Waals surface area contributed by atoms with Crippen molar-refractivity contribution in [2.24, 2.45) is 0 Å². The van der Waals surface area contributed by atoms with Gasteiger partial charge in [0.05, 0.1) is 12.8 Å². The van der Waals surface area contributed by atoms with Crippen LogP contribution in [0.4, 0.5) is 5.69 Å². The van der Waals surface area contributed by atoms with Crippen molar-refractivity contribution in [3.8, 4) is 5.75 Å². The van der Waals surface area contributed by atoms with Gasteiger partial charge < -0.3 is 15.2 Å². The minimum atomic E-state index is -1.17. The van der Waals surface area contributed by atoms with E-state index in [0.717, 1.165) is 17.7 Å². The smallest absolute Gasteiger partial charge is 0.328 e. The maximum atomic E-state index is 11.5. The van der Waals surface area contributed by atoms with Crippen LogP contribution < -0.4 is 10.1 Å². The van der Waals surface area contributed by atoms with E-state index in [4.69, 9.17) is 9.84 Å². The summed E-state index contributed by atoms with van der Waals surface area (Å²) in [7, 11) is 1.51. The first-order chi connectivity index (χ1) is 8.93. The van der Waals surface area contributed by atoms with E-state index in [1.165, 1.54) is 7.11 Å². The second-order valence-electron chi connectivity index (χ2n) is 4.28. The van der Waals surface area contributed by atoms with Gasteiger partial charge in [0.25, 0.3) is 0 Å². The number of ether oxygens (including phenoxy) is 1. The van der Waals surface area contributed by atoms with E-state index in [1.807, 2.05) is 26.0 Å². The third kappa shape index (κ3) is 4.46. The van der Waals surface area contributed by atoms with Gasteiger partial charge in [-0.1, -0.05) is 19.9 Å². The second-order valence-corrected chi connectivity index (χ2v) is 4.28. The molecule has 102 valence electrons. The van der Waals surface area contributed by atoms with E-state index in [0.29, 0.717) is 17.4 Å². The number of anilines is 1. The summed E-state index contributed by atoms with van der Waals surface area (Å²) in [5, 5.41) is 11.1. The number of carboxylic acids is 1. The van der Waals surface area contributed by atoms with Crippen LogP contribution in [0.3, 0.4) is 0 Å². The number of aliphatic carboxylic acids is 1. The lowest BCUT2D eigenvalue weighted by atomic mass is 10.0. The number of hydrogen-bond acceptors (Lipinski definition) is 3. The molecule has 0 radical (unpaired) electrons. The van der Waals surface area contributed by atoms with E-state index in [-0.39, 0.29) is 0 Å². The van der Waals surface area contributed by atoms with Crippen molar-refractivity contribution in [3.63, 3.8) is 0 Å². The van der Waals surface area contributed by atoms with Crippen molar-refractivity contribution in [1.82, 2.24) is 0 Å². The minimum Gasteiger partial charge on any atom is -0.495 e. The van der Waals surface area contributed by atoms with Gasteiger partial charge in [0.2, 0.25) is 5.91 Å². The zero-order valence-electron chi connectivity index (χ0n) is 11.1. The van der Waals surface area contributed by atoms with Gasteiger partial charge in [0.1, 0.15) is 5.75 Å². The molecular formula is C14H17NO4. The molecule has 1 amide bonds. The molecule has 19 heavy (non-hydrogen) atoms. The van der Waals surface area contributed by atoms with Crippen molar-refractivity contribution >= 4 is 17.6 Å². The van der Waals surface area contributed by atoms with Crippen LogP contribution in [0.15, 0.2) is 30.4 Å². The number of carbonyl (C=O) groups excluding carboxylic acids is 1. The van der Waals surface area contributed by atoms with E-state index < -0.39 is 11.9 Å². The number of rotatable bonds is 5. The Labute approximate surface area is 111 Å². The summed E-state index contributed by atoms with van der Waals surface area (Å²) in [5.74, 6) is -0.836. The number of benzene rings is 1. The van der Waals surface area contributed by atoms with Crippen LogP contribution in [0.25, 0.3) is 0 Å².